The van der Waals surface area contributed by atoms with Crippen molar-refractivity contribution in [3.05, 3.63) is 35.4 Å². The Hall–Kier alpha value is -1.39. The van der Waals surface area contributed by atoms with E-state index in [1.807, 2.05) is 45.0 Å². The van der Waals surface area contributed by atoms with E-state index < -0.39 is 5.54 Å². The largest absolute Gasteiger partial charge is 0.349 e. The topological polar surface area (TPSA) is 72.2 Å². The molecule has 130 valence electrons. The minimum atomic E-state index is -0.428. The fraction of sp³-hybridized carbons (Fsp3) is 0.556. The summed E-state index contributed by atoms with van der Waals surface area (Å²) < 4.78 is 0. The zero-order valence-corrected chi connectivity index (χ0v) is 15.3. The first-order valence-electron chi connectivity index (χ1n) is 7.95. The van der Waals surface area contributed by atoms with Crippen LogP contribution in [-0.2, 0) is 11.2 Å². The summed E-state index contributed by atoms with van der Waals surface area (Å²) >= 11 is 0. The first-order valence-corrected chi connectivity index (χ1v) is 7.95. The number of hydrogen-bond acceptors (Lipinski definition) is 3. The van der Waals surface area contributed by atoms with E-state index >= 15 is 0 Å². The normalized spacial score (nSPS) is 13.1. The second kappa shape index (κ2) is 9.68. The van der Waals surface area contributed by atoms with Crippen LogP contribution in [0.1, 0.15) is 56.5 Å². The Bertz CT molecular complexity index is 514. The molecule has 0 radical (unpaired) electrons. The van der Waals surface area contributed by atoms with Crippen LogP contribution in [0.3, 0.4) is 0 Å². The first-order chi connectivity index (χ1) is 10.3. The Kier molecular flexibility index (Phi) is 9.10. The van der Waals surface area contributed by atoms with Crippen molar-refractivity contribution in [1.29, 1.82) is 0 Å². The van der Waals surface area contributed by atoms with Crippen LogP contribution >= 0.6 is 12.4 Å². The van der Waals surface area contributed by atoms with Crippen molar-refractivity contribution in [3.63, 3.8) is 0 Å². The molecule has 4 nitrogen and oxygen atoms in total. The van der Waals surface area contributed by atoms with E-state index in [1.54, 1.807) is 0 Å². The maximum atomic E-state index is 12.1. The lowest BCUT2D eigenvalue weighted by Crippen LogP contribution is -2.55. The van der Waals surface area contributed by atoms with Gasteiger partial charge in [-0.3, -0.25) is 9.59 Å². The molecular formula is C18H29ClN2O2. The summed E-state index contributed by atoms with van der Waals surface area (Å²) in [6, 6.07) is 7.57. The highest BCUT2D eigenvalue weighted by Gasteiger charge is 2.28. The third-order valence-electron chi connectivity index (χ3n) is 4.39. The summed E-state index contributed by atoms with van der Waals surface area (Å²) in [5.41, 5.74) is 7.18. The number of aryl methyl sites for hydroxylation is 1. The molecule has 23 heavy (non-hydrogen) atoms. The zero-order chi connectivity index (χ0) is 16.8. The zero-order valence-electron chi connectivity index (χ0n) is 14.5. The number of carbonyl (C=O) groups is 2. The molecular weight excluding hydrogens is 312 g/mol. The van der Waals surface area contributed by atoms with E-state index in [1.165, 1.54) is 5.56 Å². The highest BCUT2D eigenvalue weighted by atomic mass is 35.5. The lowest BCUT2D eigenvalue weighted by Gasteiger charge is -2.33. The molecule has 0 aliphatic rings. The molecule has 1 aromatic carbocycles. The lowest BCUT2D eigenvalue weighted by molar-refractivity contribution is -0.123. The molecule has 1 atom stereocenters. The lowest BCUT2D eigenvalue weighted by atomic mass is 9.88. The van der Waals surface area contributed by atoms with Gasteiger partial charge in [-0.05, 0) is 24.8 Å². The van der Waals surface area contributed by atoms with Gasteiger partial charge in [-0.1, -0.05) is 45.0 Å². The van der Waals surface area contributed by atoms with E-state index in [-0.39, 0.29) is 42.9 Å². The van der Waals surface area contributed by atoms with E-state index in [0.29, 0.717) is 12.1 Å². The molecule has 5 heteroatoms. The predicted octanol–water partition coefficient (Wildman–Crippen LogP) is 3.12. The smallest absolute Gasteiger partial charge is 0.220 e. The standard InChI is InChI=1S/C18H28N2O2.ClH/c1-5-14-6-8-15(9-7-14)16(21)10-11-17(22)20-18(4,12-19)13(2)3;/h6-9,13H,5,10-12,19H2,1-4H3,(H,20,22);1H. The summed E-state index contributed by atoms with van der Waals surface area (Å²) in [5, 5.41) is 2.95. The highest BCUT2D eigenvalue weighted by molar-refractivity contribution is 5.98. The van der Waals surface area contributed by atoms with E-state index in [4.69, 9.17) is 5.73 Å². The van der Waals surface area contributed by atoms with Crippen LogP contribution in [0.4, 0.5) is 0 Å². The van der Waals surface area contributed by atoms with E-state index in [9.17, 15) is 9.59 Å². The molecule has 1 rings (SSSR count). The van der Waals surface area contributed by atoms with Gasteiger partial charge in [0.25, 0.3) is 0 Å². The van der Waals surface area contributed by atoms with Crippen molar-refractivity contribution >= 4 is 24.1 Å². The minimum Gasteiger partial charge on any atom is -0.349 e. The molecule has 0 heterocycles. The molecule has 0 saturated carbocycles. The Balaban J connectivity index is 0.00000484. The van der Waals surface area contributed by atoms with Crippen molar-refractivity contribution in [1.82, 2.24) is 5.32 Å². The average molecular weight is 341 g/mol. The molecule has 0 saturated heterocycles. The molecule has 0 aromatic heterocycles. The number of ketones is 1. The van der Waals surface area contributed by atoms with Crippen LogP contribution in [0.25, 0.3) is 0 Å². The summed E-state index contributed by atoms with van der Waals surface area (Å²) in [6.45, 7) is 8.43. The third kappa shape index (κ3) is 6.32. The van der Waals surface area contributed by atoms with Crippen LogP contribution in [-0.4, -0.2) is 23.8 Å². The molecule has 0 aliphatic carbocycles. The van der Waals surface area contributed by atoms with Crippen LogP contribution < -0.4 is 11.1 Å². The average Bonchev–Trinajstić information content (AvgIpc) is 2.52. The second-order valence-corrected chi connectivity index (χ2v) is 6.30. The van der Waals surface area contributed by atoms with Crippen molar-refractivity contribution in [2.75, 3.05) is 6.54 Å². The van der Waals surface area contributed by atoms with Gasteiger partial charge < -0.3 is 11.1 Å². The van der Waals surface area contributed by atoms with Gasteiger partial charge in [0.15, 0.2) is 5.78 Å². The van der Waals surface area contributed by atoms with Crippen LogP contribution in [0.5, 0.6) is 0 Å². The Morgan fingerprint density at radius 2 is 1.74 bits per heavy atom. The molecule has 0 aliphatic heterocycles. The summed E-state index contributed by atoms with van der Waals surface area (Å²) in [7, 11) is 0. The number of amides is 1. The summed E-state index contributed by atoms with van der Waals surface area (Å²) in [4.78, 5) is 24.2. The fourth-order valence-electron chi connectivity index (χ4n) is 2.11. The minimum absolute atomic E-state index is 0. The van der Waals surface area contributed by atoms with Gasteiger partial charge in [0.1, 0.15) is 0 Å². The summed E-state index contributed by atoms with van der Waals surface area (Å²) in [5.74, 6) is 0.107. The first kappa shape index (κ1) is 21.6. The van der Waals surface area contributed by atoms with Gasteiger partial charge in [0.2, 0.25) is 5.91 Å². The van der Waals surface area contributed by atoms with Crippen LogP contribution in [0.2, 0.25) is 0 Å². The van der Waals surface area contributed by atoms with Gasteiger partial charge >= 0.3 is 0 Å². The number of hydrogen-bond donors (Lipinski definition) is 2. The van der Waals surface area contributed by atoms with Gasteiger partial charge in [0.05, 0.1) is 5.54 Å². The maximum Gasteiger partial charge on any atom is 0.220 e. The van der Waals surface area contributed by atoms with Gasteiger partial charge in [-0.25, -0.2) is 0 Å². The number of halogens is 1. The molecule has 3 N–H and O–H groups in total. The van der Waals surface area contributed by atoms with Crippen molar-refractivity contribution < 1.29 is 9.59 Å². The Morgan fingerprint density at radius 3 is 2.17 bits per heavy atom. The summed E-state index contributed by atoms with van der Waals surface area (Å²) in [6.07, 6.45) is 1.36. The molecule has 0 spiro atoms. The van der Waals surface area contributed by atoms with Gasteiger partial charge in [-0.15, -0.1) is 12.4 Å². The molecule has 0 fully saturated rings. The number of carbonyl (C=O) groups excluding carboxylic acids is 2. The van der Waals surface area contributed by atoms with Crippen LogP contribution in [0.15, 0.2) is 24.3 Å². The van der Waals surface area contributed by atoms with E-state index in [2.05, 4.69) is 12.2 Å². The number of nitrogens with one attached hydrogen (secondary N) is 1. The molecule has 1 unspecified atom stereocenters. The van der Waals surface area contributed by atoms with Gasteiger partial charge in [-0.2, -0.15) is 0 Å². The SMILES string of the molecule is CCc1ccc(C(=O)CCC(=O)NC(C)(CN)C(C)C)cc1.Cl. The predicted molar refractivity (Wildman–Crippen MR) is 97.1 cm³/mol. The number of nitrogens with two attached hydrogens (primary N) is 1. The van der Waals surface area contributed by atoms with Crippen molar-refractivity contribution in [2.24, 2.45) is 11.7 Å². The van der Waals surface area contributed by atoms with Crippen molar-refractivity contribution in [2.45, 2.75) is 52.5 Å². The Labute approximate surface area is 145 Å². The monoisotopic (exact) mass is 340 g/mol. The third-order valence-corrected chi connectivity index (χ3v) is 4.39. The molecule has 1 aromatic rings. The number of Topliss-reactive ketones (excluding diaryl/α,β-unsaturated/α-hetero) is 1. The van der Waals surface area contributed by atoms with Crippen LogP contribution in [0, 0.1) is 5.92 Å². The highest BCUT2D eigenvalue weighted by Crippen LogP contribution is 2.15. The Morgan fingerprint density at radius 1 is 1.17 bits per heavy atom. The fourth-order valence-corrected chi connectivity index (χ4v) is 2.11. The second-order valence-electron chi connectivity index (χ2n) is 6.30. The van der Waals surface area contributed by atoms with Crippen molar-refractivity contribution in [3.8, 4) is 0 Å². The molecule has 1 amide bonds. The molecule has 0 bridgehead atoms. The number of benzene rings is 1. The van der Waals surface area contributed by atoms with Gasteiger partial charge in [0, 0.05) is 24.9 Å². The van der Waals surface area contributed by atoms with E-state index in [0.717, 1.165) is 6.42 Å². The number of rotatable bonds is 8. The maximum absolute atomic E-state index is 12.1. The quantitative estimate of drug-likeness (QED) is 0.714.